The first kappa shape index (κ1) is 15.2. The summed E-state index contributed by atoms with van der Waals surface area (Å²) in [5.74, 6) is -2.44. The molecule has 114 valence electrons. The molecule has 8 heteroatoms. The summed E-state index contributed by atoms with van der Waals surface area (Å²) in [7, 11) is 0. The number of alkyl halides is 1. The van der Waals surface area contributed by atoms with Crippen LogP contribution in [0.5, 0.6) is 17.2 Å². The van der Waals surface area contributed by atoms with Crippen LogP contribution < -0.4 is 0 Å². The molecular weight excluding hydrogens is 300 g/mol. The largest absolute Gasteiger partial charge is 0.504 e. The highest BCUT2D eigenvalue weighted by atomic mass is 35.5. The SMILES string of the molecule is O=C(CCl)N1CCN(C(=O)c2cc(O)c(O)c(O)c2)CC1. The molecule has 7 nitrogen and oxygen atoms in total. The first-order valence-corrected chi connectivity index (χ1v) is 6.85. The van der Waals surface area contributed by atoms with Crippen molar-refractivity contribution in [1.29, 1.82) is 0 Å². The molecule has 3 N–H and O–H groups in total. The van der Waals surface area contributed by atoms with Gasteiger partial charge in [-0.05, 0) is 12.1 Å². The predicted molar refractivity (Wildman–Crippen MR) is 74.6 cm³/mol. The van der Waals surface area contributed by atoms with Crippen LogP contribution in [0, 0.1) is 0 Å². The lowest BCUT2D eigenvalue weighted by Crippen LogP contribution is -2.50. The van der Waals surface area contributed by atoms with Gasteiger partial charge in [-0.25, -0.2) is 0 Å². The number of halogens is 1. The molecule has 1 aromatic carbocycles. The van der Waals surface area contributed by atoms with Crippen molar-refractivity contribution in [3.05, 3.63) is 17.7 Å². The van der Waals surface area contributed by atoms with Gasteiger partial charge in [-0.3, -0.25) is 9.59 Å². The maximum atomic E-state index is 12.3. The van der Waals surface area contributed by atoms with Gasteiger partial charge in [0.1, 0.15) is 5.88 Å². The molecule has 2 amide bonds. The Morgan fingerprint density at radius 2 is 1.48 bits per heavy atom. The fraction of sp³-hybridized carbons (Fsp3) is 0.385. The number of carbonyl (C=O) groups excluding carboxylic acids is 2. The van der Waals surface area contributed by atoms with Crippen molar-refractivity contribution in [2.24, 2.45) is 0 Å². The molecule has 0 bridgehead atoms. The number of hydrogen-bond acceptors (Lipinski definition) is 5. The molecule has 0 aliphatic carbocycles. The van der Waals surface area contributed by atoms with Gasteiger partial charge in [-0.2, -0.15) is 0 Å². The van der Waals surface area contributed by atoms with Crippen LogP contribution in [0.15, 0.2) is 12.1 Å². The maximum absolute atomic E-state index is 12.3. The molecule has 0 saturated carbocycles. The summed E-state index contributed by atoms with van der Waals surface area (Å²) < 4.78 is 0. The number of hydrogen-bond donors (Lipinski definition) is 3. The average molecular weight is 315 g/mol. The van der Waals surface area contributed by atoms with Crippen molar-refractivity contribution in [3.8, 4) is 17.2 Å². The molecule has 1 heterocycles. The van der Waals surface area contributed by atoms with Gasteiger partial charge in [0.25, 0.3) is 5.91 Å². The van der Waals surface area contributed by atoms with Crippen LogP contribution in [0.25, 0.3) is 0 Å². The Balaban J connectivity index is 2.07. The zero-order chi connectivity index (χ0) is 15.6. The molecule has 1 aliphatic rings. The average Bonchev–Trinajstić information content (AvgIpc) is 2.50. The molecule has 0 unspecified atom stereocenters. The summed E-state index contributed by atoms with van der Waals surface area (Å²) in [6, 6.07) is 2.18. The molecule has 0 spiro atoms. The number of phenolic OH excluding ortho intramolecular Hbond substituents is 3. The monoisotopic (exact) mass is 314 g/mol. The zero-order valence-electron chi connectivity index (χ0n) is 11.1. The van der Waals surface area contributed by atoms with Gasteiger partial charge in [-0.15, -0.1) is 11.6 Å². The first-order valence-electron chi connectivity index (χ1n) is 6.32. The second-order valence-corrected chi connectivity index (χ2v) is 4.94. The summed E-state index contributed by atoms with van der Waals surface area (Å²) in [5, 5.41) is 28.1. The number of aromatic hydroxyl groups is 3. The molecular formula is C13H15ClN2O5. The van der Waals surface area contributed by atoms with Gasteiger partial charge in [0, 0.05) is 31.7 Å². The lowest BCUT2D eigenvalue weighted by atomic mass is 10.1. The van der Waals surface area contributed by atoms with E-state index in [9.17, 15) is 24.9 Å². The minimum absolute atomic E-state index is 0.0694. The second-order valence-electron chi connectivity index (χ2n) is 4.67. The fourth-order valence-corrected chi connectivity index (χ4v) is 2.32. The zero-order valence-corrected chi connectivity index (χ0v) is 11.9. The van der Waals surface area contributed by atoms with E-state index in [1.54, 1.807) is 4.90 Å². The molecule has 1 aromatic rings. The quantitative estimate of drug-likeness (QED) is 0.539. The summed E-state index contributed by atoms with van der Waals surface area (Å²) in [6.07, 6.45) is 0. The van der Waals surface area contributed by atoms with Gasteiger partial charge in [0.15, 0.2) is 17.2 Å². The van der Waals surface area contributed by atoms with E-state index >= 15 is 0 Å². The van der Waals surface area contributed by atoms with Crippen molar-refractivity contribution in [3.63, 3.8) is 0 Å². The minimum Gasteiger partial charge on any atom is -0.504 e. The van der Waals surface area contributed by atoms with E-state index in [-0.39, 0.29) is 17.4 Å². The van der Waals surface area contributed by atoms with Crippen LogP contribution in [0.4, 0.5) is 0 Å². The Morgan fingerprint density at radius 3 is 1.95 bits per heavy atom. The number of phenols is 3. The van der Waals surface area contributed by atoms with Crippen LogP contribution in [0.3, 0.4) is 0 Å². The van der Waals surface area contributed by atoms with Gasteiger partial charge < -0.3 is 25.1 Å². The standard InChI is InChI=1S/C13H15ClN2O5/c14-7-11(19)15-1-3-16(4-2-15)13(21)8-5-9(17)12(20)10(18)6-8/h5-6,17-18,20H,1-4,7H2. The second kappa shape index (κ2) is 6.09. The molecule has 1 fully saturated rings. The Labute approximate surface area is 126 Å². The first-order chi connectivity index (χ1) is 9.93. The Morgan fingerprint density at radius 1 is 1.00 bits per heavy atom. The Bertz CT molecular complexity index is 547. The highest BCUT2D eigenvalue weighted by Crippen LogP contribution is 2.35. The number of benzene rings is 1. The van der Waals surface area contributed by atoms with Gasteiger partial charge in [-0.1, -0.05) is 0 Å². The topological polar surface area (TPSA) is 101 Å². The molecule has 0 atom stereocenters. The number of carbonyl (C=O) groups is 2. The highest BCUT2D eigenvalue weighted by molar-refractivity contribution is 6.27. The predicted octanol–water partition coefficient (Wildman–Crippen LogP) is 0.327. The van der Waals surface area contributed by atoms with Gasteiger partial charge in [0.05, 0.1) is 0 Å². The van der Waals surface area contributed by atoms with E-state index in [0.29, 0.717) is 26.2 Å². The van der Waals surface area contributed by atoms with E-state index in [2.05, 4.69) is 0 Å². The highest BCUT2D eigenvalue weighted by Gasteiger charge is 2.25. The normalized spacial score (nSPS) is 15.1. The number of nitrogens with zero attached hydrogens (tertiary/aromatic N) is 2. The van der Waals surface area contributed by atoms with E-state index < -0.39 is 23.2 Å². The third-order valence-electron chi connectivity index (χ3n) is 3.35. The van der Waals surface area contributed by atoms with Crippen LogP contribution in [0.2, 0.25) is 0 Å². The lowest BCUT2D eigenvalue weighted by molar-refractivity contribution is -0.129. The number of rotatable bonds is 2. The molecule has 2 rings (SSSR count). The van der Waals surface area contributed by atoms with Crippen molar-refractivity contribution >= 4 is 23.4 Å². The Hall–Kier alpha value is -2.15. The van der Waals surface area contributed by atoms with Crippen LogP contribution >= 0.6 is 11.6 Å². The Kier molecular flexibility index (Phi) is 4.42. The van der Waals surface area contributed by atoms with Gasteiger partial charge in [0.2, 0.25) is 5.91 Å². The molecule has 0 aromatic heterocycles. The summed E-state index contributed by atoms with van der Waals surface area (Å²) >= 11 is 5.48. The van der Waals surface area contributed by atoms with Crippen molar-refractivity contribution < 1.29 is 24.9 Å². The smallest absolute Gasteiger partial charge is 0.254 e. The number of amides is 2. The maximum Gasteiger partial charge on any atom is 0.254 e. The molecule has 0 radical (unpaired) electrons. The summed E-state index contributed by atoms with van der Waals surface area (Å²) in [4.78, 5) is 26.8. The fourth-order valence-electron chi connectivity index (χ4n) is 2.15. The van der Waals surface area contributed by atoms with Crippen molar-refractivity contribution in [1.82, 2.24) is 9.80 Å². The third kappa shape index (κ3) is 3.13. The number of piperazine rings is 1. The summed E-state index contributed by atoms with van der Waals surface area (Å²) in [6.45, 7) is 1.44. The van der Waals surface area contributed by atoms with E-state index in [4.69, 9.17) is 11.6 Å². The molecule has 21 heavy (non-hydrogen) atoms. The van der Waals surface area contributed by atoms with Crippen LogP contribution in [0.1, 0.15) is 10.4 Å². The van der Waals surface area contributed by atoms with Crippen LogP contribution in [-0.2, 0) is 4.79 Å². The molecule has 1 saturated heterocycles. The van der Waals surface area contributed by atoms with E-state index in [1.807, 2.05) is 0 Å². The minimum atomic E-state index is -0.663. The van der Waals surface area contributed by atoms with Crippen LogP contribution in [-0.4, -0.2) is 69.0 Å². The lowest BCUT2D eigenvalue weighted by Gasteiger charge is -2.34. The molecule has 1 aliphatic heterocycles. The van der Waals surface area contributed by atoms with Crippen molar-refractivity contribution in [2.45, 2.75) is 0 Å². The third-order valence-corrected chi connectivity index (χ3v) is 3.58. The van der Waals surface area contributed by atoms with Gasteiger partial charge >= 0.3 is 0 Å². The van der Waals surface area contributed by atoms with Crippen molar-refractivity contribution in [2.75, 3.05) is 32.1 Å². The van der Waals surface area contributed by atoms with E-state index in [0.717, 1.165) is 12.1 Å². The van der Waals surface area contributed by atoms with E-state index in [1.165, 1.54) is 4.90 Å². The summed E-state index contributed by atoms with van der Waals surface area (Å²) in [5.41, 5.74) is 0.0694.